The minimum Gasteiger partial charge on any atom is -0.497 e. The van der Waals surface area contributed by atoms with Crippen LogP contribution >= 0.6 is 0 Å². The molecule has 0 aliphatic rings. The Morgan fingerprint density at radius 1 is 1.00 bits per heavy atom. The third-order valence-electron chi connectivity index (χ3n) is 4.60. The monoisotopic (exact) mass is 420 g/mol. The van der Waals surface area contributed by atoms with Crippen LogP contribution in [0.15, 0.2) is 54.9 Å². The van der Waals surface area contributed by atoms with E-state index in [1.165, 1.54) is 6.33 Å². The number of anilines is 3. The maximum atomic E-state index is 12.4. The summed E-state index contributed by atoms with van der Waals surface area (Å²) in [5.41, 5.74) is 3.26. The van der Waals surface area contributed by atoms with Gasteiger partial charge in [-0.05, 0) is 54.8 Å². The smallest absolute Gasteiger partial charge is 0.262 e. The Morgan fingerprint density at radius 3 is 2.35 bits per heavy atom. The number of carbonyl (C=O) groups is 1. The van der Waals surface area contributed by atoms with E-state index >= 15 is 0 Å². The molecule has 0 radical (unpaired) electrons. The van der Waals surface area contributed by atoms with E-state index in [-0.39, 0.29) is 17.9 Å². The standard InChI is InChI=1S/C24H28N4O3/c1-16-12-22(26-15-25-16)27-17-6-8-18(9-7-17)28-23(29)14-31-21-11-10-19(30-5)13-20(21)24(2,3)4/h6-13,15H,14H2,1-5H3,(H,28,29)(H,25,26,27). The summed E-state index contributed by atoms with van der Waals surface area (Å²) in [6, 6.07) is 14.8. The van der Waals surface area contributed by atoms with Crippen LogP contribution in [0.1, 0.15) is 32.0 Å². The van der Waals surface area contributed by atoms with E-state index in [0.29, 0.717) is 17.3 Å². The van der Waals surface area contributed by atoms with Gasteiger partial charge in [-0.25, -0.2) is 9.97 Å². The maximum Gasteiger partial charge on any atom is 0.262 e. The number of benzene rings is 2. The van der Waals surface area contributed by atoms with E-state index < -0.39 is 0 Å². The number of hydrogen-bond acceptors (Lipinski definition) is 6. The quantitative estimate of drug-likeness (QED) is 0.568. The van der Waals surface area contributed by atoms with Crippen molar-refractivity contribution in [2.24, 2.45) is 0 Å². The largest absolute Gasteiger partial charge is 0.497 e. The number of carbonyl (C=O) groups excluding carboxylic acids is 1. The van der Waals surface area contributed by atoms with Crippen LogP contribution in [-0.2, 0) is 10.2 Å². The van der Waals surface area contributed by atoms with Crippen molar-refractivity contribution in [3.05, 3.63) is 66.1 Å². The average molecular weight is 421 g/mol. The second-order valence-corrected chi connectivity index (χ2v) is 8.20. The molecule has 1 amide bonds. The highest BCUT2D eigenvalue weighted by molar-refractivity contribution is 5.92. The molecular formula is C24H28N4O3. The Balaban J connectivity index is 1.59. The van der Waals surface area contributed by atoms with E-state index in [1.807, 2.05) is 55.5 Å². The summed E-state index contributed by atoms with van der Waals surface area (Å²) in [5.74, 6) is 1.91. The highest BCUT2D eigenvalue weighted by atomic mass is 16.5. The molecule has 0 unspecified atom stereocenters. The lowest BCUT2D eigenvalue weighted by molar-refractivity contribution is -0.118. The Kier molecular flexibility index (Phi) is 6.74. The zero-order valence-electron chi connectivity index (χ0n) is 18.5. The Morgan fingerprint density at radius 2 is 1.71 bits per heavy atom. The topological polar surface area (TPSA) is 85.4 Å². The second kappa shape index (κ2) is 9.47. The molecule has 162 valence electrons. The molecule has 0 aliphatic carbocycles. The van der Waals surface area contributed by atoms with Gasteiger partial charge < -0.3 is 20.1 Å². The lowest BCUT2D eigenvalue weighted by Gasteiger charge is -2.23. The summed E-state index contributed by atoms with van der Waals surface area (Å²) >= 11 is 0. The van der Waals surface area contributed by atoms with Gasteiger partial charge in [0.05, 0.1) is 7.11 Å². The Hall–Kier alpha value is -3.61. The molecule has 0 saturated carbocycles. The number of methoxy groups -OCH3 is 1. The fourth-order valence-electron chi connectivity index (χ4n) is 3.00. The first-order valence-electron chi connectivity index (χ1n) is 10.0. The zero-order chi connectivity index (χ0) is 22.4. The maximum absolute atomic E-state index is 12.4. The van der Waals surface area contributed by atoms with E-state index in [4.69, 9.17) is 9.47 Å². The first-order chi connectivity index (χ1) is 14.7. The number of hydrogen-bond donors (Lipinski definition) is 2. The third-order valence-corrected chi connectivity index (χ3v) is 4.60. The molecule has 31 heavy (non-hydrogen) atoms. The number of rotatable bonds is 7. The predicted molar refractivity (Wildman–Crippen MR) is 122 cm³/mol. The minimum absolute atomic E-state index is 0.0877. The van der Waals surface area contributed by atoms with Crippen LogP contribution in [-0.4, -0.2) is 29.6 Å². The molecule has 2 N–H and O–H groups in total. The molecule has 3 aromatic rings. The molecule has 7 nitrogen and oxygen atoms in total. The molecule has 3 rings (SSSR count). The number of nitrogens with one attached hydrogen (secondary N) is 2. The number of aromatic nitrogens is 2. The molecule has 0 aliphatic heterocycles. The number of aryl methyl sites for hydroxylation is 1. The van der Waals surface area contributed by atoms with Crippen LogP contribution in [0.5, 0.6) is 11.5 Å². The Bertz CT molecular complexity index is 1040. The van der Waals surface area contributed by atoms with E-state index in [0.717, 1.165) is 22.7 Å². The van der Waals surface area contributed by atoms with Crippen molar-refractivity contribution >= 4 is 23.1 Å². The molecule has 0 spiro atoms. The van der Waals surface area contributed by atoms with Crippen molar-refractivity contribution in [2.45, 2.75) is 33.1 Å². The van der Waals surface area contributed by atoms with Crippen molar-refractivity contribution in [1.29, 1.82) is 0 Å². The highest BCUT2D eigenvalue weighted by Crippen LogP contribution is 2.34. The van der Waals surface area contributed by atoms with Crippen molar-refractivity contribution < 1.29 is 14.3 Å². The molecule has 0 fully saturated rings. The zero-order valence-corrected chi connectivity index (χ0v) is 18.5. The van der Waals surface area contributed by atoms with Crippen LogP contribution < -0.4 is 20.1 Å². The van der Waals surface area contributed by atoms with Crippen LogP contribution in [0.3, 0.4) is 0 Å². The fourth-order valence-corrected chi connectivity index (χ4v) is 3.00. The molecule has 0 bridgehead atoms. The van der Waals surface area contributed by atoms with Crippen molar-refractivity contribution in [2.75, 3.05) is 24.4 Å². The minimum atomic E-state index is -0.234. The Labute approximate surface area is 182 Å². The van der Waals surface area contributed by atoms with Crippen LogP contribution in [0.4, 0.5) is 17.2 Å². The van der Waals surface area contributed by atoms with Crippen LogP contribution in [0.2, 0.25) is 0 Å². The first kappa shape index (κ1) is 22.1. The average Bonchev–Trinajstić information content (AvgIpc) is 2.73. The van der Waals surface area contributed by atoms with Crippen LogP contribution in [0, 0.1) is 6.92 Å². The van der Waals surface area contributed by atoms with Gasteiger partial charge in [-0.15, -0.1) is 0 Å². The van der Waals surface area contributed by atoms with E-state index in [9.17, 15) is 4.79 Å². The van der Waals surface area contributed by atoms with Gasteiger partial charge in [-0.3, -0.25) is 4.79 Å². The van der Waals surface area contributed by atoms with Gasteiger partial charge in [-0.2, -0.15) is 0 Å². The number of amides is 1. The second-order valence-electron chi connectivity index (χ2n) is 8.20. The van der Waals surface area contributed by atoms with E-state index in [1.54, 1.807) is 7.11 Å². The SMILES string of the molecule is COc1ccc(OCC(=O)Nc2ccc(Nc3cc(C)ncn3)cc2)c(C(C)(C)C)c1. The van der Waals surface area contributed by atoms with Crippen molar-refractivity contribution in [3.63, 3.8) is 0 Å². The molecule has 0 saturated heterocycles. The molecule has 7 heteroatoms. The highest BCUT2D eigenvalue weighted by Gasteiger charge is 2.20. The molecule has 2 aromatic carbocycles. The third kappa shape index (κ3) is 6.18. The van der Waals surface area contributed by atoms with Crippen molar-refractivity contribution in [3.8, 4) is 11.5 Å². The summed E-state index contributed by atoms with van der Waals surface area (Å²) < 4.78 is 11.1. The van der Waals surface area contributed by atoms with E-state index in [2.05, 4.69) is 41.4 Å². The summed E-state index contributed by atoms with van der Waals surface area (Å²) in [4.78, 5) is 20.6. The lowest BCUT2D eigenvalue weighted by Crippen LogP contribution is -2.22. The van der Waals surface area contributed by atoms with Gasteiger partial charge in [-0.1, -0.05) is 20.8 Å². The van der Waals surface area contributed by atoms with Gasteiger partial charge in [0, 0.05) is 28.7 Å². The summed E-state index contributed by atoms with van der Waals surface area (Å²) in [6.07, 6.45) is 1.51. The lowest BCUT2D eigenvalue weighted by atomic mass is 9.86. The van der Waals surface area contributed by atoms with Gasteiger partial charge in [0.1, 0.15) is 23.6 Å². The van der Waals surface area contributed by atoms with Gasteiger partial charge >= 0.3 is 0 Å². The molecular weight excluding hydrogens is 392 g/mol. The summed E-state index contributed by atoms with van der Waals surface area (Å²) in [5, 5.41) is 6.05. The van der Waals surface area contributed by atoms with Crippen molar-refractivity contribution in [1.82, 2.24) is 9.97 Å². The van der Waals surface area contributed by atoms with Crippen LogP contribution in [0.25, 0.3) is 0 Å². The normalized spacial score (nSPS) is 11.0. The molecule has 1 aromatic heterocycles. The summed E-state index contributed by atoms with van der Waals surface area (Å²) in [6.45, 7) is 8.09. The predicted octanol–water partition coefficient (Wildman–Crippen LogP) is 4.85. The first-order valence-corrected chi connectivity index (χ1v) is 10.0. The van der Waals surface area contributed by atoms with Gasteiger partial charge in [0.15, 0.2) is 6.61 Å². The molecule has 0 atom stereocenters. The number of ether oxygens (including phenoxy) is 2. The van der Waals surface area contributed by atoms with Gasteiger partial charge in [0.2, 0.25) is 0 Å². The fraction of sp³-hybridized carbons (Fsp3) is 0.292. The molecule has 1 heterocycles. The number of nitrogens with zero attached hydrogens (tertiary/aromatic N) is 2. The van der Waals surface area contributed by atoms with Gasteiger partial charge in [0.25, 0.3) is 5.91 Å². The summed E-state index contributed by atoms with van der Waals surface area (Å²) in [7, 11) is 1.63.